The molecule has 0 amide bonds. The quantitative estimate of drug-likeness (QED) is 0.838. The van der Waals surface area contributed by atoms with E-state index in [-0.39, 0.29) is 11.8 Å². The Morgan fingerprint density at radius 1 is 1.00 bits per heavy atom. The molecule has 1 atom stereocenters. The van der Waals surface area contributed by atoms with Crippen molar-refractivity contribution in [2.45, 2.75) is 25.3 Å². The number of hydrogen-bond donors (Lipinski definition) is 1. The van der Waals surface area contributed by atoms with Crippen molar-refractivity contribution in [2.24, 2.45) is 11.7 Å². The number of benzene rings is 2. The molecule has 2 N–H and O–H groups in total. The standard InChI is InChI=1S/C18H19NO/c19-17(15-8-9-15)12-18(20)16-10-6-14(7-11-16)13-4-2-1-3-5-13/h1-7,10-11,15,17H,8-9,12,19H2. The highest BCUT2D eigenvalue weighted by Gasteiger charge is 2.29. The van der Waals surface area contributed by atoms with Gasteiger partial charge in [-0.05, 0) is 29.9 Å². The molecule has 1 unspecified atom stereocenters. The molecule has 2 aromatic rings. The van der Waals surface area contributed by atoms with E-state index in [1.807, 2.05) is 42.5 Å². The van der Waals surface area contributed by atoms with Gasteiger partial charge in [0.1, 0.15) is 0 Å². The molecule has 20 heavy (non-hydrogen) atoms. The molecule has 2 heteroatoms. The first-order chi connectivity index (χ1) is 9.74. The van der Waals surface area contributed by atoms with Crippen LogP contribution in [0.1, 0.15) is 29.6 Å². The summed E-state index contributed by atoms with van der Waals surface area (Å²) in [6.07, 6.45) is 2.83. The third-order valence-corrected chi connectivity index (χ3v) is 3.96. The Kier molecular flexibility index (Phi) is 3.66. The van der Waals surface area contributed by atoms with Crippen molar-refractivity contribution in [1.29, 1.82) is 0 Å². The van der Waals surface area contributed by atoms with E-state index in [4.69, 9.17) is 5.73 Å². The zero-order valence-electron chi connectivity index (χ0n) is 11.5. The molecule has 1 aliphatic carbocycles. The second-order valence-corrected chi connectivity index (χ2v) is 5.57. The summed E-state index contributed by atoms with van der Waals surface area (Å²) in [4.78, 5) is 12.2. The van der Waals surface area contributed by atoms with Gasteiger partial charge in [-0.2, -0.15) is 0 Å². The Hall–Kier alpha value is -1.93. The molecule has 3 rings (SSSR count). The second-order valence-electron chi connectivity index (χ2n) is 5.57. The van der Waals surface area contributed by atoms with E-state index >= 15 is 0 Å². The predicted molar refractivity (Wildman–Crippen MR) is 81.5 cm³/mol. The first kappa shape index (κ1) is 13.1. The van der Waals surface area contributed by atoms with Gasteiger partial charge >= 0.3 is 0 Å². The highest BCUT2D eigenvalue weighted by Crippen LogP contribution is 2.33. The van der Waals surface area contributed by atoms with Gasteiger partial charge in [0.25, 0.3) is 0 Å². The maximum Gasteiger partial charge on any atom is 0.164 e. The van der Waals surface area contributed by atoms with Crippen LogP contribution in [0.15, 0.2) is 54.6 Å². The maximum absolute atomic E-state index is 12.2. The minimum absolute atomic E-state index is 0.0382. The number of carbonyl (C=O) groups excluding carboxylic acids is 1. The summed E-state index contributed by atoms with van der Waals surface area (Å²) in [5.74, 6) is 0.728. The summed E-state index contributed by atoms with van der Waals surface area (Å²) in [6.45, 7) is 0. The summed E-state index contributed by atoms with van der Waals surface area (Å²) >= 11 is 0. The molecule has 0 spiro atoms. The lowest BCUT2D eigenvalue weighted by atomic mass is 9.98. The van der Waals surface area contributed by atoms with E-state index in [9.17, 15) is 4.79 Å². The molecule has 2 aromatic carbocycles. The summed E-state index contributed by atoms with van der Waals surface area (Å²) in [5.41, 5.74) is 9.08. The van der Waals surface area contributed by atoms with Crippen molar-refractivity contribution < 1.29 is 4.79 Å². The molecule has 0 saturated heterocycles. The molecule has 1 fully saturated rings. The van der Waals surface area contributed by atoms with E-state index in [1.54, 1.807) is 0 Å². The Morgan fingerprint density at radius 3 is 2.20 bits per heavy atom. The van der Waals surface area contributed by atoms with Gasteiger partial charge in [-0.15, -0.1) is 0 Å². The van der Waals surface area contributed by atoms with Gasteiger partial charge in [0, 0.05) is 18.0 Å². The number of hydrogen-bond acceptors (Lipinski definition) is 2. The molecule has 102 valence electrons. The normalized spacial score (nSPS) is 15.8. The number of rotatable bonds is 5. The van der Waals surface area contributed by atoms with Crippen molar-refractivity contribution in [3.63, 3.8) is 0 Å². The lowest BCUT2D eigenvalue weighted by Crippen LogP contribution is -2.25. The van der Waals surface area contributed by atoms with Crippen LogP contribution < -0.4 is 5.73 Å². The highest BCUT2D eigenvalue weighted by molar-refractivity contribution is 5.96. The van der Waals surface area contributed by atoms with Gasteiger partial charge in [-0.1, -0.05) is 54.6 Å². The topological polar surface area (TPSA) is 43.1 Å². The van der Waals surface area contributed by atoms with Crippen LogP contribution in [0.5, 0.6) is 0 Å². The van der Waals surface area contributed by atoms with Gasteiger partial charge in [0.05, 0.1) is 0 Å². The third kappa shape index (κ3) is 2.97. The van der Waals surface area contributed by atoms with Crippen LogP contribution in [0.3, 0.4) is 0 Å². The molecule has 1 saturated carbocycles. The fraction of sp³-hybridized carbons (Fsp3) is 0.278. The molecule has 0 aromatic heterocycles. The van der Waals surface area contributed by atoms with Crippen LogP contribution in [0, 0.1) is 5.92 Å². The lowest BCUT2D eigenvalue weighted by molar-refractivity contribution is 0.0971. The maximum atomic E-state index is 12.2. The highest BCUT2D eigenvalue weighted by atomic mass is 16.1. The summed E-state index contributed by atoms with van der Waals surface area (Å²) < 4.78 is 0. The molecule has 1 aliphatic rings. The van der Waals surface area contributed by atoms with Crippen molar-refractivity contribution in [1.82, 2.24) is 0 Å². The van der Waals surface area contributed by atoms with Gasteiger partial charge in [0.15, 0.2) is 5.78 Å². The van der Waals surface area contributed by atoms with E-state index in [0.717, 1.165) is 11.1 Å². The van der Waals surface area contributed by atoms with Crippen molar-refractivity contribution in [3.05, 3.63) is 60.2 Å². The monoisotopic (exact) mass is 265 g/mol. The predicted octanol–water partition coefficient (Wildman–Crippen LogP) is 3.66. The van der Waals surface area contributed by atoms with Crippen molar-refractivity contribution in [2.75, 3.05) is 0 Å². The Balaban J connectivity index is 1.71. The second kappa shape index (κ2) is 5.59. The fourth-order valence-electron chi connectivity index (χ4n) is 2.50. The molecular weight excluding hydrogens is 246 g/mol. The summed E-state index contributed by atoms with van der Waals surface area (Å²) in [6, 6.07) is 18.0. The summed E-state index contributed by atoms with van der Waals surface area (Å²) in [7, 11) is 0. The van der Waals surface area contributed by atoms with E-state index in [0.29, 0.717) is 12.3 Å². The zero-order valence-corrected chi connectivity index (χ0v) is 11.5. The lowest BCUT2D eigenvalue weighted by Gasteiger charge is -2.09. The molecule has 2 nitrogen and oxygen atoms in total. The number of Topliss-reactive ketones (excluding diaryl/α,β-unsaturated/α-hetero) is 1. The van der Waals surface area contributed by atoms with Crippen molar-refractivity contribution in [3.8, 4) is 11.1 Å². The zero-order chi connectivity index (χ0) is 13.9. The van der Waals surface area contributed by atoms with Gasteiger partial charge in [-0.3, -0.25) is 4.79 Å². The Labute approximate surface area is 119 Å². The third-order valence-electron chi connectivity index (χ3n) is 3.96. The Bertz CT molecular complexity index is 585. The molecule has 0 heterocycles. The van der Waals surface area contributed by atoms with Crippen LogP contribution in [0.2, 0.25) is 0 Å². The first-order valence-electron chi connectivity index (χ1n) is 7.18. The minimum Gasteiger partial charge on any atom is -0.327 e. The Morgan fingerprint density at radius 2 is 1.60 bits per heavy atom. The first-order valence-corrected chi connectivity index (χ1v) is 7.18. The van der Waals surface area contributed by atoms with Crippen LogP contribution in [0.4, 0.5) is 0 Å². The van der Waals surface area contributed by atoms with E-state index in [2.05, 4.69) is 12.1 Å². The fourth-order valence-corrected chi connectivity index (χ4v) is 2.50. The van der Waals surface area contributed by atoms with Crippen LogP contribution in [0.25, 0.3) is 11.1 Å². The van der Waals surface area contributed by atoms with Crippen molar-refractivity contribution >= 4 is 5.78 Å². The summed E-state index contributed by atoms with van der Waals surface area (Å²) in [5, 5.41) is 0. The van der Waals surface area contributed by atoms with Gasteiger partial charge in [0.2, 0.25) is 0 Å². The number of carbonyl (C=O) groups is 1. The van der Waals surface area contributed by atoms with Gasteiger partial charge in [-0.25, -0.2) is 0 Å². The number of nitrogens with two attached hydrogens (primary N) is 1. The minimum atomic E-state index is 0.0382. The average molecular weight is 265 g/mol. The van der Waals surface area contributed by atoms with E-state index < -0.39 is 0 Å². The molecule has 0 radical (unpaired) electrons. The molecule has 0 bridgehead atoms. The molecular formula is C18H19NO. The largest absolute Gasteiger partial charge is 0.327 e. The van der Waals surface area contributed by atoms with E-state index in [1.165, 1.54) is 18.4 Å². The SMILES string of the molecule is NC(CC(=O)c1ccc(-c2ccccc2)cc1)C1CC1. The van der Waals surface area contributed by atoms with Crippen LogP contribution in [-0.4, -0.2) is 11.8 Å². The average Bonchev–Trinajstić information content (AvgIpc) is 3.33. The van der Waals surface area contributed by atoms with Crippen LogP contribution >= 0.6 is 0 Å². The van der Waals surface area contributed by atoms with Crippen LogP contribution in [-0.2, 0) is 0 Å². The smallest absolute Gasteiger partial charge is 0.164 e. The number of ketones is 1. The molecule has 0 aliphatic heterocycles. The van der Waals surface area contributed by atoms with Gasteiger partial charge < -0.3 is 5.73 Å².